The van der Waals surface area contributed by atoms with Crippen LogP contribution >= 0.6 is 11.6 Å². The Balaban J connectivity index is 1.76. The van der Waals surface area contributed by atoms with Crippen molar-refractivity contribution in [1.82, 2.24) is 9.97 Å². The normalized spacial score (nSPS) is 10.5. The number of nitro groups is 1. The van der Waals surface area contributed by atoms with E-state index in [1.54, 1.807) is 38.5 Å². The van der Waals surface area contributed by atoms with Crippen molar-refractivity contribution in [3.8, 4) is 23.1 Å². The van der Waals surface area contributed by atoms with Crippen LogP contribution in [0.15, 0.2) is 42.7 Å². The Labute approximate surface area is 184 Å². The number of nitrogens with one attached hydrogen (secondary N) is 1. The van der Waals surface area contributed by atoms with Gasteiger partial charge in [0.15, 0.2) is 11.5 Å². The number of halogens is 1. The third kappa shape index (κ3) is 5.32. The molecule has 0 spiro atoms. The highest BCUT2D eigenvalue weighted by atomic mass is 35.5. The van der Waals surface area contributed by atoms with Crippen molar-refractivity contribution in [3.05, 3.63) is 69.0 Å². The summed E-state index contributed by atoms with van der Waals surface area (Å²) in [6, 6.07) is 10.5. The number of benzene rings is 2. The summed E-state index contributed by atoms with van der Waals surface area (Å²) in [5.41, 5.74) is 1.40. The maximum atomic E-state index is 11.7. The number of nitrogens with zero attached hydrogens (tertiary/aromatic N) is 3. The van der Waals surface area contributed by atoms with Gasteiger partial charge < -0.3 is 19.5 Å². The van der Waals surface area contributed by atoms with Gasteiger partial charge in [-0.05, 0) is 54.8 Å². The first-order chi connectivity index (χ1) is 14.9. The summed E-state index contributed by atoms with van der Waals surface area (Å²) >= 11 is 6.02. The molecular formula is C21H21ClN4O5. The van der Waals surface area contributed by atoms with E-state index in [4.69, 9.17) is 25.8 Å². The molecule has 9 nitrogen and oxygen atoms in total. The molecule has 3 aromatic rings. The molecule has 0 radical (unpaired) electrons. The molecular weight excluding hydrogens is 424 g/mol. The van der Waals surface area contributed by atoms with Gasteiger partial charge in [-0.1, -0.05) is 17.7 Å². The quantitative estimate of drug-likeness (QED) is 0.370. The van der Waals surface area contributed by atoms with Crippen LogP contribution in [0, 0.1) is 17.0 Å². The molecule has 0 saturated carbocycles. The van der Waals surface area contributed by atoms with Crippen molar-refractivity contribution in [2.75, 3.05) is 26.1 Å². The molecule has 0 atom stereocenters. The summed E-state index contributed by atoms with van der Waals surface area (Å²) < 4.78 is 16.2. The van der Waals surface area contributed by atoms with Gasteiger partial charge in [-0.2, -0.15) is 4.98 Å². The van der Waals surface area contributed by atoms with E-state index in [0.717, 1.165) is 11.1 Å². The molecule has 3 rings (SSSR count). The summed E-state index contributed by atoms with van der Waals surface area (Å²) in [5, 5.41) is 15.3. The molecule has 10 heteroatoms. The molecule has 1 heterocycles. The van der Waals surface area contributed by atoms with Gasteiger partial charge in [0.05, 0.1) is 19.1 Å². The zero-order valence-electron chi connectivity index (χ0n) is 17.2. The second-order valence-corrected chi connectivity index (χ2v) is 6.92. The molecule has 1 aromatic heterocycles. The number of rotatable bonds is 9. The topological polar surface area (TPSA) is 109 Å². The molecule has 0 fully saturated rings. The second-order valence-electron chi connectivity index (χ2n) is 6.51. The van der Waals surface area contributed by atoms with Gasteiger partial charge in [0, 0.05) is 11.6 Å². The lowest BCUT2D eigenvalue weighted by Crippen LogP contribution is -2.10. The molecule has 31 heavy (non-hydrogen) atoms. The number of hydrogen-bond donors (Lipinski definition) is 1. The Hall–Kier alpha value is -3.59. The standard InChI is InChI=1S/C21H21ClN4O5/c1-13-10-15(5-6-16(13)22)31-21-19(26(27)28)20(24-12-25-21)23-9-8-14-4-7-17(29-2)18(11-14)30-3/h4-7,10-12H,8-9H2,1-3H3,(H,23,24,25). The molecule has 2 aromatic carbocycles. The summed E-state index contributed by atoms with van der Waals surface area (Å²) in [6.07, 6.45) is 1.79. The lowest BCUT2D eigenvalue weighted by atomic mass is 10.1. The van der Waals surface area contributed by atoms with E-state index in [2.05, 4.69) is 15.3 Å². The zero-order valence-corrected chi connectivity index (χ0v) is 18.0. The predicted octanol–water partition coefficient (Wildman–Crippen LogP) is 4.81. The summed E-state index contributed by atoms with van der Waals surface area (Å²) in [6.45, 7) is 2.21. The fourth-order valence-electron chi connectivity index (χ4n) is 2.88. The van der Waals surface area contributed by atoms with Crippen LogP contribution in [0.4, 0.5) is 11.5 Å². The molecule has 0 aliphatic carbocycles. The van der Waals surface area contributed by atoms with E-state index < -0.39 is 4.92 Å². The van der Waals surface area contributed by atoms with E-state index in [1.165, 1.54) is 6.33 Å². The monoisotopic (exact) mass is 444 g/mol. The van der Waals surface area contributed by atoms with Gasteiger partial charge in [0.2, 0.25) is 5.82 Å². The number of hydrogen-bond acceptors (Lipinski definition) is 8. The van der Waals surface area contributed by atoms with Crippen molar-refractivity contribution in [1.29, 1.82) is 0 Å². The van der Waals surface area contributed by atoms with E-state index in [-0.39, 0.29) is 17.4 Å². The molecule has 162 valence electrons. The molecule has 1 N–H and O–H groups in total. The molecule has 0 aliphatic heterocycles. The fraction of sp³-hybridized carbons (Fsp3) is 0.238. The molecule has 0 unspecified atom stereocenters. The van der Waals surface area contributed by atoms with Crippen LogP contribution in [0.5, 0.6) is 23.1 Å². The Bertz CT molecular complexity index is 1090. The smallest absolute Gasteiger partial charge is 0.373 e. The number of aromatic nitrogens is 2. The van der Waals surface area contributed by atoms with Crippen LogP contribution < -0.4 is 19.5 Å². The Morgan fingerprint density at radius 2 is 1.87 bits per heavy atom. The van der Waals surface area contributed by atoms with Crippen LogP contribution in [0.25, 0.3) is 0 Å². The molecule has 0 amide bonds. The number of anilines is 1. The minimum atomic E-state index is -0.573. The van der Waals surface area contributed by atoms with Crippen molar-refractivity contribution in [2.45, 2.75) is 13.3 Å². The van der Waals surface area contributed by atoms with Crippen LogP contribution in [-0.4, -0.2) is 35.7 Å². The third-order valence-electron chi connectivity index (χ3n) is 4.47. The largest absolute Gasteiger partial charge is 0.493 e. The number of ether oxygens (including phenoxy) is 3. The van der Waals surface area contributed by atoms with E-state index in [1.807, 2.05) is 19.1 Å². The lowest BCUT2D eigenvalue weighted by Gasteiger charge is -2.11. The van der Waals surface area contributed by atoms with Gasteiger partial charge in [0.25, 0.3) is 0 Å². The van der Waals surface area contributed by atoms with Crippen LogP contribution in [0.1, 0.15) is 11.1 Å². The average Bonchev–Trinajstić information content (AvgIpc) is 2.76. The highest BCUT2D eigenvalue weighted by Crippen LogP contribution is 2.35. The van der Waals surface area contributed by atoms with Gasteiger partial charge in [-0.25, -0.2) is 4.98 Å². The highest BCUT2D eigenvalue weighted by molar-refractivity contribution is 6.31. The van der Waals surface area contributed by atoms with Crippen molar-refractivity contribution in [3.63, 3.8) is 0 Å². The first-order valence-electron chi connectivity index (χ1n) is 9.31. The van der Waals surface area contributed by atoms with E-state index in [0.29, 0.717) is 35.2 Å². The summed E-state index contributed by atoms with van der Waals surface area (Å²) in [7, 11) is 3.13. The van der Waals surface area contributed by atoms with Gasteiger partial charge in [-0.15, -0.1) is 0 Å². The summed E-state index contributed by atoms with van der Waals surface area (Å²) in [4.78, 5) is 19.1. The van der Waals surface area contributed by atoms with Crippen molar-refractivity contribution < 1.29 is 19.1 Å². The second kappa shape index (κ2) is 9.94. The molecule has 0 bridgehead atoms. The zero-order chi connectivity index (χ0) is 22.4. The van der Waals surface area contributed by atoms with Crippen molar-refractivity contribution in [2.24, 2.45) is 0 Å². The average molecular weight is 445 g/mol. The van der Waals surface area contributed by atoms with Crippen LogP contribution in [-0.2, 0) is 6.42 Å². The number of aryl methyl sites for hydroxylation is 1. The maximum Gasteiger partial charge on any atom is 0.373 e. The highest BCUT2D eigenvalue weighted by Gasteiger charge is 2.25. The Kier molecular flexibility index (Phi) is 7.09. The Morgan fingerprint density at radius 3 is 2.55 bits per heavy atom. The minimum Gasteiger partial charge on any atom is -0.493 e. The Morgan fingerprint density at radius 1 is 1.10 bits per heavy atom. The van der Waals surface area contributed by atoms with Gasteiger partial charge >= 0.3 is 11.6 Å². The van der Waals surface area contributed by atoms with E-state index in [9.17, 15) is 10.1 Å². The minimum absolute atomic E-state index is 0.0705. The van der Waals surface area contributed by atoms with E-state index >= 15 is 0 Å². The lowest BCUT2D eigenvalue weighted by molar-refractivity contribution is -0.385. The SMILES string of the molecule is COc1ccc(CCNc2ncnc(Oc3ccc(Cl)c(C)c3)c2[N+](=O)[O-])cc1OC. The molecule has 0 saturated heterocycles. The summed E-state index contributed by atoms with van der Waals surface area (Å²) in [5.74, 6) is 1.54. The molecule has 0 aliphatic rings. The fourth-order valence-corrected chi connectivity index (χ4v) is 3.00. The van der Waals surface area contributed by atoms with Gasteiger partial charge in [0.1, 0.15) is 12.1 Å². The number of methoxy groups -OCH3 is 2. The van der Waals surface area contributed by atoms with Crippen LogP contribution in [0.2, 0.25) is 5.02 Å². The van der Waals surface area contributed by atoms with Crippen LogP contribution in [0.3, 0.4) is 0 Å². The van der Waals surface area contributed by atoms with Crippen molar-refractivity contribution >= 4 is 23.1 Å². The first-order valence-corrected chi connectivity index (χ1v) is 9.69. The predicted molar refractivity (Wildman–Crippen MR) is 117 cm³/mol. The maximum absolute atomic E-state index is 11.7. The third-order valence-corrected chi connectivity index (χ3v) is 4.89. The first kappa shape index (κ1) is 22.1. The van der Waals surface area contributed by atoms with Gasteiger partial charge in [-0.3, -0.25) is 10.1 Å².